The lowest BCUT2D eigenvalue weighted by Gasteiger charge is -2.20. The van der Waals surface area contributed by atoms with E-state index in [9.17, 15) is 19.1 Å². The summed E-state index contributed by atoms with van der Waals surface area (Å²) in [6, 6.07) is 13.0. The molecule has 2 unspecified atom stereocenters. The van der Waals surface area contributed by atoms with Crippen molar-refractivity contribution in [3.05, 3.63) is 66.0 Å². The third kappa shape index (κ3) is 2.88. The molecule has 2 aromatic carbocycles. The Balaban J connectivity index is 1.81. The Morgan fingerprint density at radius 1 is 1.08 bits per heavy atom. The number of amides is 3. The number of nitrogens with zero attached hydrogens (tertiary/aromatic N) is 2. The number of hydrogen-bond donors (Lipinski definition) is 1. The third-order valence-corrected chi connectivity index (χ3v) is 4.09. The molecule has 0 aliphatic carbocycles. The molecule has 0 bridgehead atoms. The molecule has 1 heterocycles. The van der Waals surface area contributed by atoms with Gasteiger partial charge < -0.3 is 5.11 Å². The van der Waals surface area contributed by atoms with Crippen LogP contribution in [0.3, 0.4) is 0 Å². The van der Waals surface area contributed by atoms with Crippen molar-refractivity contribution in [2.24, 2.45) is 0 Å². The zero-order valence-electron chi connectivity index (χ0n) is 13.1. The van der Waals surface area contributed by atoms with Gasteiger partial charge in [0.1, 0.15) is 11.9 Å². The van der Waals surface area contributed by atoms with Crippen molar-refractivity contribution in [1.82, 2.24) is 4.90 Å². The Labute approximate surface area is 138 Å². The zero-order chi connectivity index (χ0) is 17.3. The van der Waals surface area contributed by atoms with Gasteiger partial charge in [0.05, 0.1) is 12.6 Å². The fourth-order valence-corrected chi connectivity index (χ4v) is 2.78. The number of rotatable bonds is 4. The highest BCUT2D eigenvalue weighted by molar-refractivity contribution is 6.14. The van der Waals surface area contributed by atoms with Crippen molar-refractivity contribution in [2.45, 2.75) is 19.1 Å². The van der Waals surface area contributed by atoms with Gasteiger partial charge in [-0.25, -0.2) is 9.18 Å². The number of anilines is 1. The number of carbonyl (C=O) groups excluding carboxylic acids is 2. The van der Waals surface area contributed by atoms with E-state index in [2.05, 4.69) is 0 Å². The molecule has 24 heavy (non-hydrogen) atoms. The van der Waals surface area contributed by atoms with Gasteiger partial charge in [0.2, 0.25) is 0 Å². The van der Waals surface area contributed by atoms with Crippen LogP contribution in [0.4, 0.5) is 14.9 Å². The lowest BCUT2D eigenvalue weighted by molar-refractivity contribution is -0.127. The molecule has 1 N–H and O–H groups in total. The lowest BCUT2D eigenvalue weighted by atomic mass is 10.1. The highest BCUT2D eigenvalue weighted by Crippen LogP contribution is 2.27. The smallest absolute Gasteiger partial charge is 0.332 e. The van der Waals surface area contributed by atoms with Crippen LogP contribution in [-0.2, 0) is 4.79 Å². The van der Waals surface area contributed by atoms with Crippen LogP contribution in [0.1, 0.15) is 18.6 Å². The maximum absolute atomic E-state index is 13.1. The van der Waals surface area contributed by atoms with E-state index in [0.29, 0.717) is 11.3 Å². The fourth-order valence-electron chi connectivity index (χ4n) is 2.78. The van der Waals surface area contributed by atoms with Crippen LogP contribution >= 0.6 is 0 Å². The predicted octanol–water partition coefficient (Wildman–Crippen LogP) is 2.72. The summed E-state index contributed by atoms with van der Waals surface area (Å²) in [5.74, 6) is -0.806. The van der Waals surface area contributed by atoms with Crippen LogP contribution in [0, 0.1) is 5.82 Å². The molecule has 0 saturated carbocycles. The summed E-state index contributed by atoms with van der Waals surface area (Å²) in [5.41, 5.74) is 1.07. The molecule has 1 aliphatic rings. The van der Waals surface area contributed by atoms with Crippen LogP contribution in [0.2, 0.25) is 0 Å². The molecular weight excluding hydrogens is 311 g/mol. The average molecular weight is 328 g/mol. The van der Waals surface area contributed by atoms with E-state index in [1.54, 1.807) is 31.2 Å². The van der Waals surface area contributed by atoms with E-state index in [-0.39, 0.29) is 12.5 Å². The number of carbonyl (C=O) groups is 2. The molecule has 5 nitrogen and oxygen atoms in total. The van der Waals surface area contributed by atoms with Crippen LogP contribution in [0.25, 0.3) is 0 Å². The topological polar surface area (TPSA) is 60.9 Å². The number of urea groups is 1. The largest absolute Gasteiger partial charge is 0.387 e. The number of benzene rings is 2. The first kappa shape index (κ1) is 16.1. The summed E-state index contributed by atoms with van der Waals surface area (Å²) in [7, 11) is 0. The Morgan fingerprint density at radius 3 is 2.33 bits per heavy atom. The molecular formula is C18H17FN2O3. The summed E-state index contributed by atoms with van der Waals surface area (Å²) < 4.78 is 13.1. The van der Waals surface area contributed by atoms with Crippen molar-refractivity contribution in [2.75, 3.05) is 11.4 Å². The number of halogens is 1. The predicted molar refractivity (Wildman–Crippen MR) is 86.9 cm³/mol. The maximum atomic E-state index is 13.1. The number of hydrogen-bond acceptors (Lipinski definition) is 3. The standard InChI is InChI=1S/C18H17FN2O3/c1-12-17(23)20(11-16(22)13-5-3-2-4-6-13)18(24)21(12)15-9-7-14(19)8-10-15/h2-10,12,16,22H,11H2,1H3. The molecule has 1 saturated heterocycles. The molecule has 6 heteroatoms. The van der Waals surface area contributed by atoms with E-state index in [1.807, 2.05) is 6.07 Å². The Kier molecular flexibility index (Phi) is 4.31. The minimum Gasteiger partial charge on any atom is -0.387 e. The second kappa shape index (κ2) is 6.41. The van der Waals surface area contributed by atoms with E-state index in [1.165, 1.54) is 29.2 Å². The molecule has 1 fully saturated rings. The number of aliphatic hydroxyl groups excluding tert-OH is 1. The minimum absolute atomic E-state index is 0.121. The van der Waals surface area contributed by atoms with Gasteiger partial charge >= 0.3 is 6.03 Å². The molecule has 3 rings (SSSR count). The SMILES string of the molecule is CC1C(=O)N(CC(O)c2ccccc2)C(=O)N1c1ccc(F)cc1. The maximum Gasteiger partial charge on any atom is 0.332 e. The van der Waals surface area contributed by atoms with Gasteiger partial charge in [-0.2, -0.15) is 0 Å². The van der Waals surface area contributed by atoms with E-state index < -0.39 is 24.0 Å². The molecule has 1 aliphatic heterocycles. The van der Waals surface area contributed by atoms with E-state index >= 15 is 0 Å². The molecule has 2 aromatic rings. The number of imide groups is 1. The van der Waals surface area contributed by atoms with Gasteiger partial charge in [-0.3, -0.25) is 14.6 Å². The van der Waals surface area contributed by atoms with Crippen molar-refractivity contribution in [1.29, 1.82) is 0 Å². The van der Waals surface area contributed by atoms with Crippen LogP contribution in [0.15, 0.2) is 54.6 Å². The lowest BCUT2D eigenvalue weighted by Crippen LogP contribution is -2.36. The minimum atomic E-state index is -0.959. The Bertz CT molecular complexity index is 749. The fraction of sp³-hybridized carbons (Fsp3) is 0.222. The van der Waals surface area contributed by atoms with Crippen molar-refractivity contribution in [3.63, 3.8) is 0 Å². The van der Waals surface area contributed by atoms with E-state index in [4.69, 9.17) is 0 Å². The summed E-state index contributed by atoms with van der Waals surface area (Å²) in [5, 5.41) is 10.3. The van der Waals surface area contributed by atoms with Crippen LogP contribution in [0.5, 0.6) is 0 Å². The number of aliphatic hydroxyl groups is 1. The van der Waals surface area contributed by atoms with Crippen LogP contribution < -0.4 is 4.90 Å². The number of β-amino-alcohol motifs (C(OH)–C–C–N with tert-alkyl or cyclic N) is 1. The molecule has 0 spiro atoms. The summed E-state index contributed by atoms with van der Waals surface area (Å²) >= 11 is 0. The monoisotopic (exact) mass is 328 g/mol. The molecule has 0 aromatic heterocycles. The quantitative estimate of drug-likeness (QED) is 0.878. The van der Waals surface area contributed by atoms with Crippen molar-refractivity contribution in [3.8, 4) is 0 Å². The molecule has 3 amide bonds. The Hall–Kier alpha value is -2.73. The van der Waals surface area contributed by atoms with Crippen molar-refractivity contribution >= 4 is 17.6 Å². The zero-order valence-corrected chi connectivity index (χ0v) is 13.1. The van der Waals surface area contributed by atoms with Gasteiger partial charge in [0.25, 0.3) is 5.91 Å². The normalized spacial score (nSPS) is 19.0. The molecule has 2 atom stereocenters. The highest BCUT2D eigenvalue weighted by Gasteiger charge is 2.43. The summed E-state index contributed by atoms with van der Waals surface area (Å²) in [6.07, 6.45) is -0.959. The molecule has 124 valence electrons. The first-order chi connectivity index (χ1) is 11.5. The summed E-state index contributed by atoms with van der Waals surface area (Å²) in [4.78, 5) is 27.4. The first-order valence-corrected chi connectivity index (χ1v) is 7.62. The van der Waals surface area contributed by atoms with Gasteiger partial charge in [0.15, 0.2) is 0 Å². The van der Waals surface area contributed by atoms with Crippen molar-refractivity contribution < 1.29 is 19.1 Å². The highest BCUT2D eigenvalue weighted by atomic mass is 19.1. The van der Waals surface area contributed by atoms with Gasteiger partial charge in [-0.15, -0.1) is 0 Å². The Morgan fingerprint density at radius 2 is 1.71 bits per heavy atom. The second-order valence-electron chi connectivity index (χ2n) is 5.68. The first-order valence-electron chi connectivity index (χ1n) is 7.62. The molecule has 0 radical (unpaired) electrons. The third-order valence-electron chi connectivity index (χ3n) is 4.09. The second-order valence-corrected chi connectivity index (χ2v) is 5.68. The van der Waals surface area contributed by atoms with Gasteiger partial charge in [0, 0.05) is 5.69 Å². The van der Waals surface area contributed by atoms with Crippen LogP contribution in [-0.4, -0.2) is 34.5 Å². The summed E-state index contributed by atoms with van der Waals surface area (Å²) in [6.45, 7) is 1.49. The van der Waals surface area contributed by atoms with Gasteiger partial charge in [-0.1, -0.05) is 30.3 Å². The van der Waals surface area contributed by atoms with Gasteiger partial charge in [-0.05, 0) is 36.8 Å². The van der Waals surface area contributed by atoms with E-state index in [0.717, 1.165) is 4.90 Å². The average Bonchev–Trinajstić information content (AvgIpc) is 2.80.